The Labute approximate surface area is 113 Å². The topological polar surface area (TPSA) is 29.3 Å². The van der Waals surface area contributed by atoms with Crippen LogP contribution in [0.15, 0.2) is 48.5 Å². The van der Waals surface area contributed by atoms with E-state index in [1.807, 2.05) is 36.4 Å². The summed E-state index contributed by atoms with van der Waals surface area (Å²) in [5.41, 5.74) is 8.82. The Kier molecular flexibility index (Phi) is 4.24. The molecule has 2 N–H and O–H groups in total. The molecule has 2 aromatic rings. The fourth-order valence-electron chi connectivity index (χ4n) is 2.00. The first-order valence-electron chi connectivity index (χ1n) is 6.07. The van der Waals surface area contributed by atoms with E-state index in [2.05, 4.69) is 24.0 Å². The number of nitrogens with zero attached hydrogens (tertiary/aromatic N) is 1. The lowest BCUT2D eigenvalue weighted by molar-refractivity contribution is 1.02. The van der Waals surface area contributed by atoms with Crippen LogP contribution in [0.1, 0.15) is 12.5 Å². The van der Waals surface area contributed by atoms with E-state index in [-0.39, 0.29) is 0 Å². The maximum Gasteiger partial charge on any atom is 0.0646 e. The lowest BCUT2D eigenvalue weighted by atomic mass is 10.1. The Bertz CT molecular complexity index is 511. The van der Waals surface area contributed by atoms with E-state index < -0.39 is 0 Å². The van der Waals surface area contributed by atoms with Gasteiger partial charge in [-0.2, -0.15) is 0 Å². The summed E-state index contributed by atoms with van der Waals surface area (Å²) >= 11 is 6.33. The van der Waals surface area contributed by atoms with Crippen LogP contribution in [0.25, 0.3) is 0 Å². The highest BCUT2D eigenvalue weighted by atomic mass is 35.5. The summed E-state index contributed by atoms with van der Waals surface area (Å²) in [5.74, 6) is 0. The van der Waals surface area contributed by atoms with Gasteiger partial charge in [0.25, 0.3) is 0 Å². The van der Waals surface area contributed by atoms with Gasteiger partial charge in [-0.05, 0) is 36.8 Å². The molecule has 2 rings (SSSR count). The third-order valence-corrected chi connectivity index (χ3v) is 3.23. The molecule has 0 unspecified atom stereocenters. The molecule has 0 aliphatic carbocycles. The van der Waals surface area contributed by atoms with Gasteiger partial charge in [0.1, 0.15) is 0 Å². The molecule has 0 radical (unpaired) electrons. The molecule has 0 saturated carbocycles. The van der Waals surface area contributed by atoms with Crippen molar-refractivity contribution in [3.63, 3.8) is 0 Å². The van der Waals surface area contributed by atoms with Gasteiger partial charge in [-0.3, -0.25) is 0 Å². The van der Waals surface area contributed by atoms with Crippen molar-refractivity contribution in [3.05, 3.63) is 59.1 Å². The molecule has 2 nitrogen and oxygen atoms in total. The lowest BCUT2D eigenvalue weighted by Gasteiger charge is -2.24. The van der Waals surface area contributed by atoms with Gasteiger partial charge in [-0.1, -0.05) is 35.9 Å². The molecule has 2 aromatic carbocycles. The number of anilines is 2. The molecule has 0 aliphatic rings. The normalized spacial score (nSPS) is 10.4. The van der Waals surface area contributed by atoms with Crippen LogP contribution in [-0.2, 0) is 6.54 Å². The highest BCUT2D eigenvalue weighted by Crippen LogP contribution is 2.32. The van der Waals surface area contributed by atoms with Crippen LogP contribution in [0.3, 0.4) is 0 Å². The molecular weight excluding hydrogens is 244 g/mol. The van der Waals surface area contributed by atoms with Gasteiger partial charge >= 0.3 is 0 Å². The van der Waals surface area contributed by atoms with Crippen molar-refractivity contribution < 1.29 is 0 Å². The van der Waals surface area contributed by atoms with Crippen LogP contribution >= 0.6 is 11.6 Å². The van der Waals surface area contributed by atoms with Gasteiger partial charge in [0.15, 0.2) is 0 Å². The van der Waals surface area contributed by atoms with Gasteiger partial charge in [-0.25, -0.2) is 0 Å². The van der Waals surface area contributed by atoms with E-state index in [4.69, 9.17) is 17.3 Å². The zero-order chi connectivity index (χ0) is 13.0. The molecular formula is C15H17ClN2. The van der Waals surface area contributed by atoms with Crippen molar-refractivity contribution >= 4 is 23.0 Å². The van der Waals surface area contributed by atoms with Crippen LogP contribution < -0.4 is 10.6 Å². The van der Waals surface area contributed by atoms with Crippen molar-refractivity contribution in [1.82, 2.24) is 0 Å². The lowest BCUT2D eigenvalue weighted by Crippen LogP contribution is -2.16. The average Bonchev–Trinajstić information content (AvgIpc) is 2.42. The molecule has 0 aromatic heterocycles. The Hall–Kier alpha value is -1.51. The largest absolute Gasteiger partial charge is 0.341 e. The van der Waals surface area contributed by atoms with Crippen molar-refractivity contribution in [3.8, 4) is 0 Å². The minimum absolute atomic E-state index is 0.511. The van der Waals surface area contributed by atoms with E-state index >= 15 is 0 Å². The van der Waals surface area contributed by atoms with Crippen molar-refractivity contribution in [2.75, 3.05) is 11.4 Å². The van der Waals surface area contributed by atoms with Crippen LogP contribution in [0.4, 0.5) is 11.4 Å². The van der Waals surface area contributed by atoms with Crippen LogP contribution in [0, 0.1) is 0 Å². The Morgan fingerprint density at radius 1 is 1.11 bits per heavy atom. The van der Waals surface area contributed by atoms with Gasteiger partial charge in [0, 0.05) is 18.8 Å². The van der Waals surface area contributed by atoms with E-state index in [0.717, 1.165) is 28.5 Å². The van der Waals surface area contributed by atoms with Gasteiger partial charge < -0.3 is 10.6 Å². The molecule has 0 amide bonds. The molecule has 0 spiro atoms. The molecule has 0 heterocycles. The second kappa shape index (κ2) is 5.89. The van der Waals surface area contributed by atoms with Gasteiger partial charge in [-0.15, -0.1) is 0 Å². The molecule has 18 heavy (non-hydrogen) atoms. The van der Waals surface area contributed by atoms with Crippen LogP contribution in [0.2, 0.25) is 5.02 Å². The second-order valence-electron chi connectivity index (χ2n) is 4.07. The van der Waals surface area contributed by atoms with E-state index in [9.17, 15) is 0 Å². The van der Waals surface area contributed by atoms with E-state index in [1.165, 1.54) is 0 Å². The smallest absolute Gasteiger partial charge is 0.0646 e. The highest BCUT2D eigenvalue weighted by molar-refractivity contribution is 6.33. The summed E-state index contributed by atoms with van der Waals surface area (Å²) in [6, 6.07) is 16.2. The minimum Gasteiger partial charge on any atom is -0.341 e. The zero-order valence-corrected chi connectivity index (χ0v) is 11.2. The first-order chi connectivity index (χ1) is 8.76. The number of para-hydroxylation sites is 1. The number of hydrogen-bond donors (Lipinski definition) is 1. The number of halogens is 1. The third kappa shape index (κ3) is 2.66. The summed E-state index contributed by atoms with van der Waals surface area (Å²) in [4.78, 5) is 2.18. The summed E-state index contributed by atoms with van der Waals surface area (Å²) in [6.45, 7) is 3.49. The van der Waals surface area contributed by atoms with E-state index in [0.29, 0.717) is 6.54 Å². The van der Waals surface area contributed by atoms with Crippen molar-refractivity contribution in [2.45, 2.75) is 13.5 Å². The fraction of sp³-hybridized carbons (Fsp3) is 0.200. The molecule has 0 fully saturated rings. The number of benzene rings is 2. The summed E-state index contributed by atoms with van der Waals surface area (Å²) < 4.78 is 0. The molecule has 94 valence electrons. The van der Waals surface area contributed by atoms with E-state index in [1.54, 1.807) is 0 Å². The maximum absolute atomic E-state index is 6.33. The second-order valence-corrected chi connectivity index (χ2v) is 4.48. The zero-order valence-electron chi connectivity index (χ0n) is 10.4. The van der Waals surface area contributed by atoms with Crippen LogP contribution in [-0.4, -0.2) is 6.54 Å². The predicted molar refractivity (Wildman–Crippen MR) is 78.5 cm³/mol. The summed E-state index contributed by atoms with van der Waals surface area (Å²) in [7, 11) is 0. The van der Waals surface area contributed by atoms with Crippen LogP contribution in [0.5, 0.6) is 0 Å². The Morgan fingerprint density at radius 3 is 2.39 bits per heavy atom. The van der Waals surface area contributed by atoms with Crippen molar-refractivity contribution in [1.29, 1.82) is 0 Å². The maximum atomic E-state index is 6.33. The molecule has 0 atom stereocenters. The third-order valence-electron chi connectivity index (χ3n) is 2.92. The quantitative estimate of drug-likeness (QED) is 0.902. The van der Waals surface area contributed by atoms with Gasteiger partial charge in [0.2, 0.25) is 0 Å². The highest BCUT2D eigenvalue weighted by Gasteiger charge is 2.10. The first kappa shape index (κ1) is 12.9. The molecule has 0 saturated heterocycles. The number of nitrogens with two attached hydrogens (primary N) is 1. The minimum atomic E-state index is 0.511. The Morgan fingerprint density at radius 2 is 1.83 bits per heavy atom. The SMILES string of the molecule is CCN(c1ccccc1)c1ccc(CN)cc1Cl. The summed E-state index contributed by atoms with van der Waals surface area (Å²) in [5, 5.41) is 0.739. The Balaban J connectivity index is 2.39. The summed E-state index contributed by atoms with van der Waals surface area (Å²) in [6.07, 6.45) is 0. The molecule has 0 aliphatic heterocycles. The number of rotatable bonds is 4. The average molecular weight is 261 g/mol. The monoisotopic (exact) mass is 260 g/mol. The predicted octanol–water partition coefficient (Wildman–Crippen LogP) is 3.96. The van der Waals surface area contributed by atoms with Crippen molar-refractivity contribution in [2.24, 2.45) is 5.73 Å². The fourth-order valence-corrected chi connectivity index (χ4v) is 2.30. The number of hydrogen-bond acceptors (Lipinski definition) is 2. The molecule has 0 bridgehead atoms. The molecule has 3 heteroatoms. The van der Waals surface area contributed by atoms with Gasteiger partial charge in [0.05, 0.1) is 10.7 Å². The standard InChI is InChI=1S/C15H17ClN2/c1-2-18(13-6-4-3-5-7-13)15-9-8-12(11-17)10-14(15)16/h3-10H,2,11,17H2,1H3. The first-order valence-corrected chi connectivity index (χ1v) is 6.45.